The van der Waals surface area contributed by atoms with Crippen LogP contribution < -0.4 is 0 Å². The van der Waals surface area contributed by atoms with E-state index in [1.807, 2.05) is 6.07 Å². The van der Waals surface area contributed by atoms with Crippen LogP contribution in [0.5, 0.6) is 0 Å². The van der Waals surface area contributed by atoms with Crippen molar-refractivity contribution in [1.82, 2.24) is 0 Å². The zero-order valence-electron chi connectivity index (χ0n) is 8.68. The smallest absolute Gasteiger partial charge is 0.314 e. The third-order valence-corrected chi connectivity index (χ3v) is 2.97. The maximum absolute atomic E-state index is 11.4. The van der Waals surface area contributed by atoms with Gasteiger partial charge in [-0.1, -0.05) is 30.3 Å². The number of ether oxygens (including phenoxy) is 1. The van der Waals surface area contributed by atoms with Gasteiger partial charge in [0.05, 0.1) is 13.0 Å². The summed E-state index contributed by atoms with van der Waals surface area (Å²) in [5.74, 6) is -1.41. The molecule has 1 N–H and O–H groups in total. The first-order valence-corrected chi connectivity index (χ1v) is 5.10. The Balaban J connectivity index is 2.43. The average Bonchev–Trinajstić information content (AvgIpc) is 2.30. The summed E-state index contributed by atoms with van der Waals surface area (Å²) < 4.78 is 4.80. The van der Waals surface area contributed by atoms with Gasteiger partial charge in [0.1, 0.15) is 5.41 Å². The fourth-order valence-electron chi connectivity index (χ4n) is 2.03. The maximum atomic E-state index is 11.4. The Hall–Kier alpha value is -1.84. The molecule has 0 amide bonds. The number of hydrogen-bond donors (Lipinski definition) is 1. The fraction of sp³-hybridized carbons (Fsp3) is 0.333. The fourth-order valence-corrected chi connectivity index (χ4v) is 2.03. The molecule has 1 heterocycles. The molecule has 1 aliphatic rings. The van der Waals surface area contributed by atoms with E-state index in [0.717, 1.165) is 0 Å². The number of aliphatic carboxylic acids is 1. The van der Waals surface area contributed by atoms with Crippen molar-refractivity contribution in [3.63, 3.8) is 0 Å². The molecule has 0 aromatic heterocycles. The normalized spacial score (nSPS) is 24.9. The van der Waals surface area contributed by atoms with Gasteiger partial charge in [-0.25, -0.2) is 0 Å². The van der Waals surface area contributed by atoms with Crippen LogP contribution >= 0.6 is 0 Å². The van der Waals surface area contributed by atoms with Crippen LogP contribution in [0.15, 0.2) is 30.3 Å². The van der Waals surface area contributed by atoms with Crippen LogP contribution in [0.3, 0.4) is 0 Å². The highest BCUT2D eigenvalue weighted by Crippen LogP contribution is 2.35. The van der Waals surface area contributed by atoms with Gasteiger partial charge >= 0.3 is 11.9 Å². The van der Waals surface area contributed by atoms with Crippen LogP contribution in [-0.4, -0.2) is 23.7 Å². The first-order valence-electron chi connectivity index (χ1n) is 5.10. The van der Waals surface area contributed by atoms with E-state index in [1.165, 1.54) is 0 Å². The molecule has 1 unspecified atom stereocenters. The van der Waals surface area contributed by atoms with E-state index in [0.29, 0.717) is 12.0 Å². The van der Waals surface area contributed by atoms with E-state index in [9.17, 15) is 14.7 Å². The molecule has 0 bridgehead atoms. The lowest BCUT2D eigenvalue weighted by Gasteiger charge is -2.32. The molecule has 0 aliphatic carbocycles. The monoisotopic (exact) mass is 220 g/mol. The van der Waals surface area contributed by atoms with Crippen molar-refractivity contribution in [3.8, 4) is 0 Å². The van der Waals surface area contributed by atoms with Gasteiger partial charge in [-0.15, -0.1) is 0 Å². The van der Waals surface area contributed by atoms with Crippen LogP contribution in [0.2, 0.25) is 0 Å². The molecular weight excluding hydrogens is 208 g/mol. The molecule has 84 valence electrons. The van der Waals surface area contributed by atoms with E-state index in [2.05, 4.69) is 0 Å². The molecule has 1 aliphatic heterocycles. The average molecular weight is 220 g/mol. The van der Waals surface area contributed by atoms with Gasteiger partial charge in [0.15, 0.2) is 0 Å². The third-order valence-electron chi connectivity index (χ3n) is 2.97. The SMILES string of the molecule is O=C1CC(C(=O)O)(c2ccccc2)CCO1. The summed E-state index contributed by atoms with van der Waals surface area (Å²) in [7, 11) is 0. The standard InChI is InChI=1S/C12H12O4/c13-10-8-12(11(14)15,6-7-16-10)9-4-2-1-3-5-9/h1-5H,6-8H2,(H,14,15). The Bertz CT molecular complexity index is 412. The number of benzene rings is 1. The summed E-state index contributed by atoms with van der Waals surface area (Å²) in [6, 6.07) is 8.86. The molecule has 1 aromatic carbocycles. The second-order valence-corrected chi connectivity index (χ2v) is 3.90. The number of esters is 1. The zero-order valence-corrected chi connectivity index (χ0v) is 8.68. The Morgan fingerprint density at radius 2 is 2.00 bits per heavy atom. The van der Waals surface area contributed by atoms with Crippen LogP contribution in [0, 0.1) is 0 Å². The van der Waals surface area contributed by atoms with Crippen LogP contribution in [-0.2, 0) is 19.7 Å². The molecule has 1 aromatic rings. The van der Waals surface area contributed by atoms with Gasteiger partial charge in [-0.3, -0.25) is 9.59 Å². The quantitative estimate of drug-likeness (QED) is 0.764. The van der Waals surface area contributed by atoms with Crippen molar-refractivity contribution in [1.29, 1.82) is 0 Å². The summed E-state index contributed by atoms with van der Waals surface area (Å²) in [6.45, 7) is 0.167. The summed E-state index contributed by atoms with van der Waals surface area (Å²) >= 11 is 0. The largest absolute Gasteiger partial charge is 0.481 e. The van der Waals surface area contributed by atoms with E-state index in [4.69, 9.17) is 4.74 Å². The second-order valence-electron chi connectivity index (χ2n) is 3.90. The number of carboxylic acid groups (broad SMARTS) is 1. The maximum Gasteiger partial charge on any atom is 0.314 e. The van der Waals surface area contributed by atoms with Crippen LogP contribution in [0.25, 0.3) is 0 Å². The van der Waals surface area contributed by atoms with E-state index < -0.39 is 17.4 Å². The van der Waals surface area contributed by atoms with Crippen molar-refractivity contribution >= 4 is 11.9 Å². The highest BCUT2D eigenvalue weighted by atomic mass is 16.5. The predicted molar refractivity (Wildman–Crippen MR) is 55.9 cm³/mol. The lowest BCUT2D eigenvalue weighted by molar-refractivity contribution is -0.160. The predicted octanol–water partition coefficient (Wildman–Crippen LogP) is 1.35. The van der Waals surface area contributed by atoms with Gasteiger partial charge in [0.2, 0.25) is 0 Å². The van der Waals surface area contributed by atoms with Gasteiger partial charge < -0.3 is 9.84 Å². The highest BCUT2D eigenvalue weighted by Gasteiger charge is 2.45. The van der Waals surface area contributed by atoms with Gasteiger partial charge in [-0.05, 0) is 5.56 Å². The van der Waals surface area contributed by atoms with E-state index in [-0.39, 0.29) is 13.0 Å². The van der Waals surface area contributed by atoms with Crippen molar-refractivity contribution in [2.45, 2.75) is 18.3 Å². The topological polar surface area (TPSA) is 63.6 Å². The lowest BCUT2D eigenvalue weighted by Crippen LogP contribution is -2.43. The first-order chi connectivity index (χ1) is 7.65. The molecule has 1 atom stereocenters. The Kier molecular flexibility index (Phi) is 2.64. The molecule has 0 saturated carbocycles. The van der Waals surface area contributed by atoms with Crippen molar-refractivity contribution < 1.29 is 19.4 Å². The van der Waals surface area contributed by atoms with Crippen molar-refractivity contribution in [3.05, 3.63) is 35.9 Å². The number of carbonyl (C=O) groups excluding carboxylic acids is 1. The molecule has 1 saturated heterocycles. The number of carbonyl (C=O) groups is 2. The first kappa shape index (κ1) is 10.7. The summed E-state index contributed by atoms with van der Waals surface area (Å²) in [5.41, 5.74) is -0.449. The van der Waals surface area contributed by atoms with Gasteiger partial charge in [-0.2, -0.15) is 0 Å². The summed E-state index contributed by atoms with van der Waals surface area (Å²) in [5, 5.41) is 9.35. The van der Waals surface area contributed by atoms with Crippen LogP contribution in [0.4, 0.5) is 0 Å². The third kappa shape index (κ3) is 1.66. The van der Waals surface area contributed by atoms with Crippen molar-refractivity contribution in [2.75, 3.05) is 6.61 Å². The van der Waals surface area contributed by atoms with Crippen LogP contribution in [0.1, 0.15) is 18.4 Å². The Labute approximate surface area is 92.8 Å². The van der Waals surface area contributed by atoms with E-state index in [1.54, 1.807) is 24.3 Å². The summed E-state index contributed by atoms with van der Waals surface area (Å²) in [6.07, 6.45) is 0.241. The minimum absolute atomic E-state index is 0.0909. The number of carboxylic acids is 1. The molecule has 0 spiro atoms. The molecule has 16 heavy (non-hydrogen) atoms. The molecule has 1 fully saturated rings. The molecule has 2 rings (SSSR count). The molecular formula is C12H12O4. The number of cyclic esters (lactones) is 1. The van der Waals surface area contributed by atoms with Crippen molar-refractivity contribution in [2.24, 2.45) is 0 Å². The molecule has 0 radical (unpaired) electrons. The minimum atomic E-state index is -1.11. The molecule has 4 heteroatoms. The van der Waals surface area contributed by atoms with Gasteiger partial charge in [0, 0.05) is 6.42 Å². The Morgan fingerprint density at radius 1 is 1.31 bits per heavy atom. The number of rotatable bonds is 2. The Morgan fingerprint density at radius 3 is 2.56 bits per heavy atom. The van der Waals surface area contributed by atoms with Gasteiger partial charge in [0.25, 0.3) is 0 Å². The lowest BCUT2D eigenvalue weighted by atomic mass is 9.74. The number of hydrogen-bond acceptors (Lipinski definition) is 3. The highest BCUT2D eigenvalue weighted by molar-refractivity contribution is 5.88. The molecule has 4 nitrogen and oxygen atoms in total. The van der Waals surface area contributed by atoms with E-state index >= 15 is 0 Å². The minimum Gasteiger partial charge on any atom is -0.481 e. The zero-order chi connectivity index (χ0) is 11.6. The summed E-state index contributed by atoms with van der Waals surface area (Å²) in [4.78, 5) is 22.7. The second kappa shape index (κ2) is 3.96.